The fourth-order valence-electron chi connectivity index (χ4n) is 3.61. The van der Waals surface area contributed by atoms with E-state index in [0.717, 1.165) is 17.0 Å². The number of rotatable bonds is 5. The van der Waals surface area contributed by atoms with Crippen LogP contribution in [0.4, 0.5) is 18.3 Å². The second-order valence-corrected chi connectivity index (χ2v) is 8.65. The zero-order valence-electron chi connectivity index (χ0n) is 16.9. The van der Waals surface area contributed by atoms with Crippen LogP contribution in [0, 0.1) is 5.92 Å². The van der Waals surface area contributed by atoms with Gasteiger partial charge in [-0.05, 0) is 36.6 Å². The summed E-state index contributed by atoms with van der Waals surface area (Å²) in [5, 5.41) is 3.20. The molecule has 0 unspecified atom stereocenters. The summed E-state index contributed by atoms with van der Waals surface area (Å²) >= 11 is 1.24. The topological polar surface area (TPSA) is 75.4 Å². The van der Waals surface area contributed by atoms with Crippen molar-refractivity contribution < 1.29 is 27.2 Å². The summed E-state index contributed by atoms with van der Waals surface area (Å²) in [6.07, 6.45) is -0.0266. The van der Waals surface area contributed by atoms with E-state index in [2.05, 4.69) is 10.3 Å². The highest BCUT2D eigenvalue weighted by Crippen LogP contribution is 2.31. The maximum absolute atomic E-state index is 12.9. The molecule has 1 saturated heterocycles. The van der Waals surface area contributed by atoms with Crippen LogP contribution >= 0.6 is 11.3 Å². The number of anilines is 1. The summed E-state index contributed by atoms with van der Waals surface area (Å²) in [7, 11) is 0. The van der Waals surface area contributed by atoms with Crippen LogP contribution in [-0.4, -0.2) is 34.8 Å². The van der Waals surface area contributed by atoms with Gasteiger partial charge in [-0.1, -0.05) is 18.2 Å². The molecule has 4 rings (SSSR count). The number of hydrogen-bond acceptors (Lipinski definition) is 5. The number of amides is 2. The van der Waals surface area contributed by atoms with Gasteiger partial charge in [-0.2, -0.15) is 13.2 Å². The molecule has 2 aromatic heterocycles. The summed E-state index contributed by atoms with van der Waals surface area (Å²) < 4.78 is 43.8. The normalized spacial score (nSPS) is 15.0. The average Bonchev–Trinajstić information content (AvgIpc) is 3.45. The molecular weight excluding hydrogens is 443 g/mol. The van der Waals surface area contributed by atoms with Crippen LogP contribution in [0.25, 0.3) is 0 Å². The average molecular weight is 463 g/mol. The molecule has 1 aliphatic heterocycles. The zero-order chi connectivity index (χ0) is 22.7. The number of nitrogens with zero attached hydrogens (tertiary/aromatic N) is 2. The van der Waals surface area contributed by atoms with Crippen molar-refractivity contribution >= 4 is 28.3 Å². The first-order valence-electron chi connectivity index (χ1n) is 10.0. The van der Waals surface area contributed by atoms with Crippen LogP contribution in [0.1, 0.15) is 39.4 Å². The van der Waals surface area contributed by atoms with E-state index in [9.17, 15) is 22.8 Å². The smallest absolute Gasteiger partial charge is 0.416 e. The zero-order valence-corrected chi connectivity index (χ0v) is 17.7. The molecule has 0 bridgehead atoms. The van der Waals surface area contributed by atoms with Crippen molar-refractivity contribution in [2.75, 3.05) is 18.4 Å². The standard InChI is InChI=1S/C22H20F3N3O3S/c23-22(24,25)16-4-1-3-14(11-16)12-17-13-26-21(32-17)27-19(29)15-6-8-28(9-7-15)20(30)18-5-2-10-31-18/h1-5,10-11,13,15H,6-9,12H2,(H,26,27,29). The second-order valence-electron chi connectivity index (χ2n) is 7.54. The summed E-state index contributed by atoms with van der Waals surface area (Å²) in [6.45, 7) is 0.909. The predicted octanol–water partition coefficient (Wildman–Crippen LogP) is 4.84. The Labute approximate surface area is 186 Å². The van der Waals surface area contributed by atoms with Gasteiger partial charge in [0.05, 0.1) is 11.8 Å². The molecule has 0 atom stereocenters. The summed E-state index contributed by atoms with van der Waals surface area (Å²) in [5.41, 5.74) is -0.167. The van der Waals surface area contributed by atoms with Gasteiger partial charge >= 0.3 is 6.18 Å². The van der Waals surface area contributed by atoms with E-state index in [4.69, 9.17) is 4.42 Å². The van der Waals surface area contributed by atoms with Gasteiger partial charge in [-0.25, -0.2) is 4.98 Å². The van der Waals surface area contributed by atoms with Gasteiger partial charge < -0.3 is 14.6 Å². The third-order valence-electron chi connectivity index (χ3n) is 5.30. The van der Waals surface area contributed by atoms with E-state index in [1.165, 1.54) is 23.7 Å². The van der Waals surface area contributed by atoms with Crippen molar-refractivity contribution in [1.82, 2.24) is 9.88 Å². The lowest BCUT2D eigenvalue weighted by atomic mass is 9.96. The van der Waals surface area contributed by atoms with Crippen molar-refractivity contribution in [1.29, 1.82) is 0 Å². The largest absolute Gasteiger partial charge is 0.459 e. The predicted molar refractivity (Wildman–Crippen MR) is 112 cm³/mol. The molecule has 1 aliphatic rings. The molecule has 1 N–H and O–H groups in total. The minimum atomic E-state index is -4.39. The molecule has 0 spiro atoms. The first kappa shape index (κ1) is 22.1. The lowest BCUT2D eigenvalue weighted by molar-refractivity contribution is -0.137. The molecule has 2 amide bonds. The summed E-state index contributed by atoms with van der Waals surface area (Å²) in [5.74, 6) is -0.321. The van der Waals surface area contributed by atoms with Crippen molar-refractivity contribution in [3.05, 3.63) is 70.6 Å². The number of carbonyl (C=O) groups is 2. The fourth-order valence-corrected chi connectivity index (χ4v) is 4.46. The van der Waals surface area contributed by atoms with Crippen molar-refractivity contribution in [2.24, 2.45) is 5.92 Å². The van der Waals surface area contributed by atoms with Crippen LogP contribution in [0.15, 0.2) is 53.3 Å². The number of thiazole rings is 1. The van der Waals surface area contributed by atoms with E-state index in [1.807, 2.05) is 0 Å². The molecule has 0 saturated carbocycles. The third-order valence-corrected chi connectivity index (χ3v) is 6.21. The molecule has 0 radical (unpaired) electrons. The number of halogens is 3. The molecular formula is C22H20F3N3O3S. The van der Waals surface area contributed by atoms with E-state index in [0.29, 0.717) is 43.0 Å². The number of benzene rings is 1. The third kappa shape index (κ3) is 5.18. The van der Waals surface area contributed by atoms with Crippen LogP contribution in [-0.2, 0) is 17.4 Å². The van der Waals surface area contributed by atoms with Gasteiger partial charge in [0.25, 0.3) is 5.91 Å². The quantitative estimate of drug-likeness (QED) is 0.588. The Hall–Kier alpha value is -3.14. The monoisotopic (exact) mass is 463 g/mol. The van der Waals surface area contributed by atoms with Gasteiger partial charge in [0, 0.05) is 36.5 Å². The van der Waals surface area contributed by atoms with E-state index < -0.39 is 11.7 Å². The highest BCUT2D eigenvalue weighted by Gasteiger charge is 2.31. The van der Waals surface area contributed by atoms with E-state index in [1.54, 1.807) is 29.3 Å². The molecule has 10 heteroatoms. The number of alkyl halides is 3. The van der Waals surface area contributed by atoms with E-state index in [-0.39, 0.29) is 23.5 Å². The maximum atomic E-state index is 12.9. The van der Waals surface area contributed by atoms with Crippen LogP contribution < -0.4 is 5.32 Å². The minimum Gasteiger partial charge on any atom is -0.459 e. The number of aromatic nitrogens is 1. The van der Waals surface area contributed by atoms with Crippen LogP contribution in [0.3, 0.4) is 0 Å². The number of nitrogens with one attached hydrogen (secondary N) is 1. The van der Waals surface area contributed by atoms with Gasteiger partial charge in [0.15, 0.2) is 10.9 Å². The Bertz CT molecular complexity index is 1090. The Balaban J connectivity index is 1.30. The lowest BCUT2D eigenvalue weighted by Crippen LogP contribution is -2.41. The maximum Gasteiger partial charge on any atom is 0.416 e. The first-order chi connectivity index (χ1) is 15.3. The highest BCUT2D eigenvalue weighted by atomic mass is 32.1. The van der Waals surface area contributed by atoms with Crippen molar-refractivity contribution in [2.45, 2.75) is 25.4 Å². The molecule has 0 aliphatic carbocycles. The Morgan fingerprint density at radius 3 is 2.66 bits per heavy atom. The fraction of sp³-hybridized carbons (Fsp3) is 0.318. The molecule has 3 aromatic rings. The highest BCUT2D eigenvalue weighted by molar-refractivity contribution is 7.15. The SMILES string of the molecule is O=C(Nc1ncc(Cc2cccc(C(F)(F)F)c2)s1)C1CCN(C(=O)c2ccco2)CC1. The molecule has 1 fully saturated rings. The Morgan fingerprint density at radius 2 is 1.97 bits per heavy atom. The van der Waals surface area contributed by atoms with Gasteiger partial charge in [-0.3, -0.25) is 9.59 Å². The van der Waals surface area contributed by atoms with Gasteiger partial charge in [-0.15, -0.1) is 11.3 Å². The van der Waals surface area contributed by atoms with Gasteiger partial charge in [0.2, 0.25) is 5.91 Å². The van der Waals surface area contributed by atoms with Gasteiger partial charge in [0.1, 0.15) is 0 Å². The summed E-state index contributed by atoms with van der Waals surface area (Å²) in [4.78, 5) is 31.5. The minimum absolute atomic E-state index is 0.171. The number of likely N-dealkylation sites (tertiary alicyclic amines) is 1. The second kappa shape index (κ2) is 9.15. The van der Waals surface area contributed by atoms with Crippen LogP contribution in [0.2, 0.25) is 0 Å². The number of carbonyl (C=O) groups excluding carboxylic acids is 2. The number of furan rings is 1. The van der Waals surface area contributed by atoms with Crippen molar-refractivity contribution in [3.8, 4) is 0 Å². The number of piperidine rings is 1. The molecule has 32 heavy (non-hydrogen) atoms. The number of hydrogen-bond donors (Lipinski definition) is 1. The van der Waals surface area contributed by atoms with E-state index >= 15 is 0 Å². The molecule has 168 valence electrons. The Morgan fingerprint density at radius 1 is 1.19 bits per heavy atom. The molecule has 6 nitrogen and oxygen atoms in total. The van der Waals surface area contributed by atoms with Crippen LogP contribution in [0.5, 0.6) is 0 Å². The Kier molecular flexibility index (Phi) is 6.31. The summed E-state index contributed by atoms with van der Waals surface area (Å²) in [6, 6.07) is 8.43. The molecule has 3 heterocycles. The lowest BCUT2D eigenvalue weighted by Gasteiger charge is -2.30. The van der Waals surface area contributed by atoms with Crippen molar-refractivity contribution in [3.63, 3.8) is 0 Å². The first-order valence-corrected chi connectivity index (χ1v) is 10.9. The molecule has 1 aromatic carbocycles.